The molecule has 1 atom stereocenters. The molecule has 1 amide bonds. The topological polar surface area (TPSA) is 64.3 Å². The maximum absolute atomic E-state index is 12.1. The van der Waals surface area contributed by atoms with Gasteiger partial charge in [0.05, 0.1) is 11.6 Å². The van der Waals surface area contributed by atoms with Crippen LogP contribution in [0.15, 0.2) is 53.0 Å². The number of amides is 1. The maximum Gasteiger partial charge on any atom is 0.245 e. The molecular weight excluding hydrogens is 320 g/mol. The number of benzene rings is 2. The van der Waals surface area contributed by atoms with E-state index in [-0.39, 0.29) is 5.91 Å². The van der Waals surface area contributed by atoms with Crippen molar-refractivity contribution in [3.63, 3.8) is 0 Å². The average Bonchev–Trinajstić information content (AvgIpc) is 2.47. The molecule has 0 fully saturated rings. The lowest BCUT2D eigenvalue weighted by Crippen LogP contribution is -2.27. The van der Waals surface area contributed by atoms with E-state index in [0.29, 0.717) is 11.4 Å². The largest absolute Gasteiger partial charge is 0.496 e. The second kappa shape index (κ2) is 6.54. The number of anilines is 1. The first-order valence-electron chi connectivity index (χ1n) is 6.06. The van der Waals surface area contributed by atoms with Gasteiger partial charge in [-0.3, -0.25) is 4.79 Å². The molecule has 0 unspecified atom stereocenters. The Balaban J connectivity index is 2.10. The molecule has 0 aliphatic carbocycles. The fourth-order valence-electron chi connectivity index (χ4n) is 1.78. The lowest BCUT2D eigenvalue weighted by atomic mass is 10.1. The van der Waals surface area contributed by atoms with Crippen LogP contribution in [0.3, 0.4) is 0 Å². The Hall–Kier alpha value is -1.85. The number of hydrogen-bond acceptors (Lipinski definition) is 3. The van der Waals surface area contributed by atoms with Crippen LogP contribution in [-0.2, 0) is 4.79 Å². The molecule has 2 aromatic carbocycles. The highest BCUT2D eigenvalue weighted by Crippen LogP contribution is 2.28. The maximum atomic E-state index is 12.1. The lowest BCUT2D eigenvalue weighted by molar-refractivity contribution is -0.117. The summed E-state index contributed by atoms with van der Waals surface area (Å²) >= 11 is 3.37. The van der Waals surface area contributed by atoms with E-state index in [4.69, 9.17) is 10.5 Å². The van der Waals surface area contributed by atoms with Crippen LogP contribution in [0.25, 0.3) is 0 Å². The van der Waals surface area contributed by atoms with Crippen molar-refractivity contribution in [2.45, 2.75) is 6.04 Å². The SMILES string of the molecule is COc1ccc(NC(=O)[C@H](N)c2ccccc2)cc1Br. The number of carbonyl (C=O) groups excluding carboxylic acids is 1. The zero-order valence-electron chi connectivity index (χ0n) is 11.0. The van der Waals surface area contributed by atoms with Gasteiger partial charge in [-0.2, -0.15) is 0 Å². The van der Waals surface area contributed by atoms with Crippen LogP contribution in [-0.4, -0.2) is 13.0 Å². The summed E-state index contributed by atoms with van der Waals surface area (Å²) < 4.78 is 5.91. The van der Waals surface area contributed by atoms with E-state index in [9.17, 15) is 4.79 Å². The highest BCUT2D eigenvalue weighted by atomic mass is 79.9. The van der Waals surface area contributed by atoms with Crippen LogP contribution in [0.2, 0.25) is 0 Å². The standard InChI is InChI=1S/C15H15BrN2O2/c1-20-13-8-7-11(9-12(13)16)18-15(19)14(17)10-5-3-2-4-6-10/h2-9,14H,17H2,1H3,(H,18,19)/t14-/m1/s1. The van der Waals surface area contributed by atoms with Crippen LogP contribution >= 0.6 is 15.9 Å². The summed E-state index contributed by atoms with van der Waals surface area (Å²) in [6, 6.07) is 13.9. The Morgan fingerprint density at radius 3 is 2.55 bits per heavy atom. The van der Waals surface area contributed by atoms with E-state index in [1.54, 1.807) is 25.3 Å². The van der Waals surface area contributed by atoms with Crippen molar-refractivity contribution >= 4 is 27.5 Å². The zero-order chi connectivity index (χ0) is 14.5. The van der Waals surface area contributed by atoms with Crippen LogP contribution in [0, 0.1) is 0 Å². The van der Waals surface area contributed by atoms with E-state index in [1.165, 1.54) is 0 Å². The van der Waals surface area contributed by atoms with Gasteiger partial charge < -0.3 is 15.8 Å². The molecule has 4 nitrogen and oxygen atoms in total. The van der Waals surface area contributed by atoms with Crippen molar-refractivity contribution in [2.24, 2.45) is 5.73 Å². The van der Waals surface area contributed by atoms with Gasteiger partial charge in [0.15, 0.2) is 0 Å². The molecule has 5 heteroatoms. The summed E-state index contributed by atoms with van der Waals surface area (Å²) in [5.41, 5.74) is 7.37. The van der Waals surface area contributed by atoms with E-state index in [0.717, 1.165) is 10.0 Å². The van der Waals surface area contributed by atoms with Gasteiger partial charge in [-0.15, -0.1) is 0 Å². The first-order chi connectivity index (χ1) is 9.61. The molecule has 0 heterocycles. The predicted molar refractivity (Wildman–Crippen MR) is 82.7 cm³/mol. The third kappa shape index (κ3) is 3.37. The molecule has 0 aliphatic rings. The van der Waals surface area contributed by atoms with Gasteiger partial charge >= 0.3 is 0 Å². The van der Waals surface area contributed by atoms with E-state index < -0.39 is 6.04 Å². The number of ether oxygens (including phenoxy) is 1. The molecule has 2 aromatic rings. The number of rotatable bonds is 4. The summed E-state index contributed by atoms with van der Waals surface area (Å²) in [5.74, 6) is 0.448. The summed E-state index contributed by atoms with van der Waals surface area (Å²) in [4.78, 5) is 12.1. The highest BCUT2D eigenvalue weighted by molar-refractivity contribution is 9.10. The van der Waals surface area contributed by atoms with Crippen molar-refractivity contribution in [1.82, 2.24) is 0 Å². The minimum atomic E-state index is -0.697. The summed E-state index contributed by atoms with van der Waals surface area (Å²) in [7, 11) is 1.59. The fraction of sp³-hybridized carbons (Fsp3) is 0.133. The van der Waals surface area contributed by atoms with Gasteiger partial charge in [-0.05, 0) is 39.7 Å². The Morgan fingerprint density at radius 2 is 1.95 bits per heavy atom. The lowest BCUT2D eigenvalue weighted by Gasteiger charge is -2.13. The number of nitrogens with two attached hydrogens (primary N) is 1. The number of halogens is 1. The van der Waals surface area contributed by atoms with E-state index in [2.05, 4.69) is 21.2 Å². The van der Waals surface area contributed by atoms with E-state index >= 15 is 0 Å². The first-order valence-corrected chi connectivity index (χ1v) is 6.86. The Kier molecular flexibility index (Phi) is 4.76. The molecule has 0 aliphatic heterocycles. The van der Waals surface area contributed by atoms with Gasteiger partial charge in [0.2, 0.25) is 5.91 Å². The van der Waals surface area contributed by atoms with Gasteiger partial charge in [-0.1, -0.05) is 30.3 Å². The molecule has 0 aromatic heterocycles. The van der Waals surface area contributed by atoms with Gasteiger partial charge in [0, 0.05) is 5.69 Å². The molecule has 0 saturated carbocycles. The van der Waals surface area contributed by atoms with Crippen molar-refractivity contribution < 1.29 is 9.53 Å². The first kappa shape index (κ1) is 14.6. The molecule has 0 bridgehead atoms. The summed E-state index contributed by atoms with van der Waals surface area (Å²) in [6.07, 6.45) is 0. The van der Waals surface area contributed by atoms with Crippen LogP contribution in [0.4, 0.5) is 5.69 Å². The molecule has 0 saturated heterocycles. The normalized spacial score (nSPS) is 11.8. The molecular formula is C15H15BrN2O2. The Labute approximate surface area is 126 Å². The van der Waals surface area contributed by atoms with Gasteiger partial charge in [0.1, 0.15) is 11.8 Å². The molecule has 0 spiro atoms. The molecule has 104 valence electrons. The van der Waals surface area contributed by atoms with Crippen LogP contribution < -0.4 is 15.8 Å². The number of methoxy groups -OCH3 is 1. The van der Waals surface area contributed by atoms with Crippen molar-refractivity contribution in [1.29, 1.82) is 0 Å². The van der Waals surface area contributed by atoms with Gasteiger partial charge in [0.25, 0.3) is 0 Å². The summed E-state index contributed by atoms with van der Waals surface area (Å²) in [6.45, 7) is 0. The second-order valence-corrected chi connectivity index (χ2v) is 5.08. The minimum absolute atomic E-state index is 0.256. The van der Waals surface area contributed by atoms with Crippen molar-refractivity contribution in [3.05, 3.63) is 58.6 Å². The fourth-order valence-corrected chi connectivity index (χ4v) is 2.32. The average molecular weight is 335 g/mol. The third-order valence-corrected chi connectivity index (χ3v) is 3.48. The van der Waals surface area contributed by atoms with Crippen molar-refractivity contribution in [2.75, 3.05) is 12.4 Å². The second-order valence-electron chi connectivity index (χ2n) is 4.23. The van der Waals surface area contributed by atoms with Crippen LogP contribution in [0.1, 0.15) is 11.6 Å². The smallest absolute Gasteiger partial charge is 0.245 e. The van der Waals surface area contributed by atoms with Crippen LogP contribution in [0.5, 0.6) is 5.75 Å². The highest BCUT2D eigenvalue weighted by Gasteiger charge is 2.15. The Morgan fingerprint density at radius 1 is 1.25 bits per heavy atom. The zero-order valence-corrected chi connectivity index (χ0v) is 12.6. The minimum Gasteiger partial charge on any atom is -0.496 e. The third-order valence-electron chi connectivity index (χ3n) is 2.86. The number of nitrogens with one attached hydrogen (secondary N) is 1. The summed E-state index contributed by atoms with van der Waals surface area (Å²) in [5, 5.41) is 2.78. The van der Waals surface area contributed by atoms with E-state index in [1.807, 2.05) is 30.3 Å². The quantitative estimate of drug-likeness (QED) is 0.902. The predicted octanol–water partition coefficient (Wildman–Crippen LogP) is 3.10. The molecule has 2 rings (SSSR count). The number of carbonyl (C=O) groups is 1. The number of hydrogen-bond donors (Lipinski definition) is 2. The Bertz CT molecular complexity index is 602. The monoisotopic (exact) mass is 334 g/mol. The van der Waals surface area contributed by atoms with Gasteiger partial charge in [-0.25, -0.2) is 0 Å². The molecule has 3 N–H and O–H groups in total. The molecule has 0 radical (unpaired) electrons. The molecule has 20 heavy (non-hydrogen) atoms. The van der Waals surface area contributed by atoms with Crippen molar-refractivity contribution in [3.8, 4) is 5.75 Å².